The zero-order chi connectivity index (χ0) is 51.0. The van der Waals surface area contributed by atoms with Crippen LogP contribution in [0.25, 0.3) is 150 Å². The predicted molar refractivity (Wildman–Crippen MR) is 336 cm³/mol. The first-order valence-corrected chi connectivity index (χ1v) is 28.2. The molecule has 6 heterocycles. The number of hydrogen-bond acceptors (Lipinski definition) is 2. The number of rotatable bonds is 4. The maximum atomic E-state index is 2.41. The molecular formula is C72H44N4S2. The van der Waals surface area contributed by atoms with Crippen LogP contribution in [0.15, 0.2) is 267 Å². The van der Waals surface area contributed by atoms with E-state index >= 15 is 0 Å². The Hall–Kier alpha value is -9.72. The van der Waals surface area contributed by atoms with Gasteiger partial charge in [0, 0.05) is 106 Å². The highest BCUT2D eigenvalue weighted by Crippen LogP contribution is 2.43. The van der Waals surface area contributed by atoms with Crippen molar-refractivity contribution in [3.63, 3.8) is 0 Å². The summed E-state index contributed by atoms with van der Waals surface area (Å²) in [6.45, 7) is 0. The summed E-state index contributed by atoms with van der Waals surface area (Å²) in [6, 6.07) is 97.5. The van der Waals surface area contributed by atoms with E-state index in [4.69, 9.17) is 0 Å². The molecule has 0 saturated heterocycles. The van der Waals surface area contributed by atoms with E-state index in [0.29, 0.717) is 0 Å². The highest BCUT2D eigenvalue weighted by atomic mass is 32.1. The Labute approximate surface area is 455 Å². The third-order valence-electron chi connectivity index (χ3n) is 16.2. The summed E-state index contributed by atoms with van der Waals surface area (Å²) in [5, 5.41) is 15.5. The van der Waals surface area contributed by atoms with E-state index < -0.39 is 0 Å². The van der Waals surface area contributed by atoms with Crippen molar-refractivity contribution < 1.29 is 0 Å². The molecule has 0 atom stereocenters. The molecule has 0 N–H and O–H groups in total. The van der Waals surface area contributed by atoms with Gasteiger partial charge in [0.25, 0.3) is 0 Å². The van der Waals surface area contributed by atoms with Crippen LogP contribution in [0.1, 0.15) is 0 Å². The lowest BCUT2D eigenvalue weighted by Crippen LogP contribution is -1.94. The molecule has 18 aromatic rings. The van der Waals surface area contributed by atoms with E-state index in [1.54, 1.807) is 0 Å². The van der Waals surface area contributed by atoms with E-state index in [1.807, 2.05) is 22.7 Å². The molecule has 0 saturated carbocycles. The van der Waals surface area contributed by atoms with Gasteiger partial charge in [-0.3, -0.25) is 0 Å². The van der Waals surface area contributed by atoms with Crippen LogP contribution in [0.3, 0.4) is 0 Å². The highest BCUT2D eigenvalue weighted by molar-refractivity contribution is 7.26. The number of benzene rings is 12. The van der Waals surface area contributed by atoms with Gasteiger partial charge in [0.2, 0.25) is 0 Å². The molecule has 0 radical (unpaired) electrons. The molecule has 0 amide bonds. The van der Waals surface area contributed by atoms with Gasteiger partial charge in [-0.05, 0) is 121 Å². The Kier molecular flexibility index (Phi) is 9.42. The molecule has 6 aromatic heterocycles. The van der Waals surface area contributed by atoms with Gasteiger partial charge in [-0.25, -0.2) is 0 Å². The fraction of sp³-hybridized carbons (Fsp3) is 0. The Bertz CT molecular complexity index is 4590. The van der Waals surface area contributed by atoms with Crippen LogP contribution in [-0.4, -0.2) is 18.3 Å². The largest absolute Gasteiger partial charge is 0.309 e. The molecule has 0 spiro atoms. The van der Waals surface area contributed by atoms with E-state index in [1.165, 1.54) is 150 Å². The maximum Gasteiger partial charge on any atom is 0.0541 e. The zero-order valence-corrected chi connectivity index (χ0v) is 43.6. The van der Waals surface area contributed by atoms with Crippen molar-refractivity contribution >= 4 is 150 Å². The number of fused-ring (bicyclic) bond motifs is 18. The van der Waals surface area contributed by atoms with E-state index in [-0.39, 0.29) is 0 Å². The van der Waals surface area contributed by atoms with Crippen LogP contribution in [0.4, 0.5) is 0 Å². The van der Waals surface area contributed by atoms with E-state index in [2.05, 4.69) is 285 Å². The van der Waals surface area contributed by atoms with Crippen molar-refractivity contribution in [1.82, 2.24) is 18.3 Å². The van der Waals surface area contributed by atoms with Gasteiger partial charge in [0.05, 0.1) is 44.1 Å². The van der Waals surface area contributed by atoms with E-state index in [9.17, 15) is 0 Å². The summed E-state index contributed by atoms with van der Waals surface area (Å²) in [7, 11) is 0. The summed E-state index contributed by atoms with van der Waals surface area (Å²) in [5.74, 6) is 0. The lowest BCUT2D eigenvalue weighted by Gasteiger charge is -2.09. The highest BCUT2D eigenvalue weighted by Gasteiger charge is 2.19. The molecule has 0 aliphatic carbocycles. The Morgan fingerprint density at radius 2 is 0.333 bits per heavy atom. The molecule has 0 aliphatic rings. The molecule has 0 bridgehead atoms. The molecule has 6 heteroatoms. The average Bonchev–Trinajstić information content (AvgIpc) is 4.55. The van der Waals surface area contributed by atoms with Crippen LogP contribution in [0, 0.1) is 0 Å². The topological polar surface area (TPSA) is 19.7 Å². The summed E-state index contributed by atoms with van der Waals surface area (Å²) in [4.78, 5) is 0. The Morgan fingerprint density at radius 3 is 0.513 bits per heavy atom. The van der Waals surface area contributed by atoms with Crippen LogP contribution >= 0.6 is 22.7 Å². The molecule has 12 aromatic carbocycles. The van der Waals surface area contributed by atoms with E-state index in [0.717, 1.165) is 0 Å². The van der Waals surface area contributed by atoms with Gasteiger partial charge in [-0.15, -0.1) is 22.7 Å². The third-order valence-corrected chi connectivity index (χ3v) is 18.5. The first-order valence-electron chi connectivity index (χ1n) is 26.6. The maximum absolute atomic E-state index is 2.41. The van der Waals surface area contributed by atoms with Gasteiger partial charge in [-0.2, -0.15) is 0 Å². The summed E-state index contributed by atoms with van der Waals surface area (Å²) >= 11 is 3.74. The Morgan fingerprint density at radius 1 is 0.167 bits per heavy atom. The second-order valence-corrected chi connectivity index (χ2v) is 22.6. The van der Waals surface area contributed by atoms with Gasteiger partial charge in [-0.1, -0.05) is 146 Å². The van der Waals surface area contributed by atoms with Gasteiger partial charge in [0.15, 0.2) is 0 Å². The molecule has 18 rings (SSSR count). The third kappa shape index (κ3) is 6.39. The molecule has 0 unspecified atom stereocenters. The fourth-order valence-electron chi connectivity index (χ4n) is 12.9. The lowest BCUT2D eigenvalue weighted by molar-refractivity contribution is 1.18. The standard InChI is InChI=1S/2C36H22N2S/c2*1-5-13-31-25(9-1)26-10-2-6-14-32(26)37(31)23-17-19-35-29(21-23)30-22-24(18-20-36(30)39-35)38-33-15-7-3-11-27(33)28-12-4-8-16-34(28)38/h2*1-22H. The second-order valence-electron chi connectivity index (χ2n) is 20.4. The van der Waals surface area contributed by atoms with Crippen LogP contribution in [-0.2, 0) is 0 Å². The minimum atomic E-state index is 1.20. The number of nitrogens with zero attached hydrogens (tertiary/aromatic N) is 4. The van der Waals surface area contributed by atoms with Gasteiger partial charge in [0.1, 0.15) is 0 Å². The minimum Gasteiger partial charge on any atom is -0.309 e. The van der Waals surface area contributed by atoms with Crippen molar-refractivity contribution in [2.24, 2.45) is 0 Å². The molecule has 4 nitrogen and oxygen atoms in total. The van der Waals surface area contributed by atoms with Gasteiger partial charge < -0.3 is 18.3 Å². The summed E-state index contributed by atoms with van der Waals surface area (Å²) < 4.78 is 14.9. The Balaban J connectivity index is 0.000000126. The molecule has 0 fully saturated rings. The van der Waals surface area contributed by atoms with Crippen LogP contribution in [0.5, 0.6) is 0 Å². The van der Waals surface area contributed by atoms with Crippen LogP contribution < -0.4 is 0 Å². The first-order chi connectivity index (χ1) is 38.7. The van der Waals surface area contributed by atoms with Crippen LogP contribution in [0.2, 0.25) is 0 Å². The summed E-state index contributed by atoms with van der Waals surface area (Å²) in [6.07, 6.45) is 0. The lowest BCUT2D eigenvalue weighted by atomic mass is 10.1. The monoisotopic (exact) mass is 1030 g/mol. The molecule has 0 aliphatic heterocycles. The number of hydrogen-bond donors (Lipinski definition) is 0. The number of aromatic nitrogens is 4. The predicted octanol–water partition coefficient (Wildman–Crippen LogP) is 20.5. The van der Waals surface area contributed by atoms with Crippen molar-refractivity contribution in [3.05, 3.63) is 267 Å². The first kappa shape index (κ1) is 43.5. The van der Waals surface area contributed by atoms with Crippen molar-refractivity contribution in [2.75, 3.05) is 0 Å². The quantitative estimate of drug-likeness (QED) is 0.167. The zero-order valence-electron chi connectivity index (χ0n) is 42.0. The average molecular weight is 1030 g/mol. The molecule has 78 heavy (non-hydrogen) atoms. The molecule has 364 valence electrons. The SMILES string of the molecule is c1ccc2c(c1)c1ccccc1n2-c1ccc2sc3ccc(-n4c5ccccc5c5ccccc54)cc3c2c1.c1ccc2c(c1)c1ccccc1n2-c1ccc2sc3ccc(-n4c5ccccc5c5ccccc54)cc3c2c1. The number of para-hydroxylation sites is 8. The van der Waals surface area contributed by atoms with Gasteiger partial charge >= 0.3 is 0 Å². The van der Waals surface area contributed by atoms with Crippen molar-refractivity contribution in [1.29, 1.82) is 0 Å². The fourth-order valence-corrected chi connectivity index (χ4v) is 15.0. The second kappa shape index (κ2) is 16.9. The number of thiophene rings is 2. The van der Waals surface area contributed by atoms with Crippen molar-refractivity contribution in [2.45, 2.75) is 0 Å². The molecular weight excluding hydrogens is 985 g/mol. The minimum absolute atomic E-state index is 1.20. The normalized spacial score (nSPS) is 12.1. The smallest absolute Gasteiger partial charge is 0.0541 e. The summed E-state index contributed by atoms with van der Waals surface area (Å²) in [5.41, 5.74) is 14.7. The van der Waals surface area contributed by atoms with Crippen molar-refractivity contribution in [3.8, 4) is 22.7 Å².